The third-order valence-electron chi connectivity index (χ3n) is 2.38. The Bertz CT molecular complexity index is 447. The van der Waals surface area contributed by atoms with E-state index in [1.54, 1.807) is 0 Å². The summed E-state index contributed by atoms with van der Waals surface area (Å²) < 4.78 is 5.30. The topological polar surface area (TPSA) is 52.3 Å². The second-order valence-corrected chi connectivity index (χ2v) is 5.49. The predicted octanol–water partition coefficient (Wildman–Crippen LogP) is 4.17. The summed E-state index contributed by atoms with van der Waals surface area (Å²) in [5.74, 6) is -0.0462. The van der Waals surface area contributed by atoms with Crippen LogP contribution in [-0.2, 0) is 4.74 Å². The minimum Gasteiger partial charge on any atom is -0.459 e. The quantitative estimate of drug-likeness (QED) is 0.669. The number of hydrogen-bond acceptors (Lipinski definition) is 3. The molecule has 3 nitrogen and oxygen atoms in total. The third kappa shape index (κ3) is 4.07. The van der Waals surface area contributed by atoms with Crippen molar-refractivity contribution in [1.82, 2.24) is 0 Å². The lowest BCUT2D eigenvalue weighted by Gasteiger charge is -2.16. The molecule has 1 rings (SSSR count). The van der Waals surface area contributed by atoms with Gasteiger partial charge in [-0.05, 0) is 31.4 Å². The highest BCUT2D eigenvalue weighted by Crippen LogP contribution is 2.29. The van der Waals surface area contributed by atoms with Gasteiger partial charge in [0.1, 0.15) is 0 Å². The highest BCUT2D eigenvalue weighted by molar-refractivity contribution is 6.44. The zero-order valence-corrected chi connectivity index (χ0v) is 12.2. The highest BCUT2D eigenvalue weighted by atomic mass is 35.5. The molecule has 1 unspecified atom stereocenters. The number of carbonyl (C=O) groups excluding carboxylic acids is 1. The van der Waals surface area contributed by atoms with E-state index in [1.165, 1.54) is 12.1 Å². The maximum atomic E-state index is 11.9. The van der Waals surface area contributed by atoms with Crippen LogP contribution in [0.5, 0.6) is 0 Å². The molecule has 5 heteroatoms. The van der Waals surface area contributed by atoms with Crippen LogP contribution in [-0.4, -0.2) is 12.1 Å². The first-order chi connectivity index (χ1) is 8.31. The van der Waals surface area contributed by atoms with Crippen LogP contribution in [0.25, 0.3) is 0 Å². The van der Waals surface area contributed by atoms with Gasteiger partial charge >= 0.3 is 5.97 Å². The summed E-state index contributed by atoms with van der Waals surface area (Å²) in [6, 6.07) is 2.97. The molecule has 100 valence electrons. The molecule has 0 amide bonds. The molecule has 0 aromatic heterocycles. The number of carbonyl (C=O) groups is 1. The van der Waals surface area contributed by atoms with E-state index in [0.29, 0.717) is 11.6 Å². The number of anilines is 1. The zero-order valence-electron chi connectivity index (χ0n) is 10.7. The van der Waals surface area contributed by atoms with Crippen LogP contribution >= 0.6 is 23.2 Å². The van der Waals surface area contributed by atoms with Crippen molar-refractivity contribution in [3.63, 3.8) is 0 Å². The Morgan fingerprint density at radius 2 is 1.94 bits per heavy atom. The SMILES string of the molecule is CC(C)CC(C)OC(=O)c1cc(N)cc(Cl)c1Cl. The largest absolute Gasteiger partial charge is 0.459 e. The van der Waals surface area contributed by atoms with E-state index in [-0.39, 0.29) is 21.7 Å². The van der Waals surface area contributed by atoms with Gasteiger partial charge in [0.2, 0.25) is 0 Å². The van der Waals surface area contributed by atoms with Crippen LogP contribution in [0.3, 0.4) is 0 Å². The molecule has 0 aliphatic carbocycles. The van der Waals surface area contributed by atoms with Crippen molar-refractivity contribution in [2.24, 2.45) is 5.92 Å². The van der Waals surface area contributed by atoms with Crippen molar-refractivity contribution in [2.75, 3.05) is 5.73 Å². The Hall–Kier alpha value is -0.930. The summed E-state index contributed by atoms with van der Waals surface area (Å²) in [6.07, 6.45) is 0.619. The molecule has 0 saturated carbocycles. The van der Waals surface area contributed by atoms with Gasteiger partial charge in [-0.1, -0.05) is 37.0 Å². The first-order valence-corrected chi connectivity index (χ1v) is 6.52. The van der Waals surface area contributed by atoms with Gasteiger partial charge in [-0.2, -0.15) is 0 Å². The fourth-order valence-corrected chi connectivity index (χ4v) is 2.13. The van der Waals surface area contributed by atoms with Gasteiger partial charge < -0.3 is 10.5 Å². The van der Waals surface area contributed by atoms with E-state index in [1.807, 2.05) is 6.92 Å². The highest BCUT2D eigenvalue weighted by Gasteiger charge is 2.18. The maximum Gasteiger partial charge on any atom is 0.340 e. The number of hydrogen-bond donors (Lipinski definition) is 1. The van der Waals surface area contributed by atoms with Gasteiger partial charge in [-0.15, -0.1) is 0 Å². The van der Waals surface area contributed by atoms with Crippen molar-refractivity contribution in [3.8, 4) is 0 Å². The summed E-state index contributed by atoms with van der Waals surface area (Å²) in [5.41, 5.74) is 6.21. The fourth-order valence-electron chi connectivity index (χ4n) is 1.72. The Morgan fingerprint density at radius 1 is 1.33 bits per heavy atom. The van der Waals surface area contributed by atoms with Crippen LogP contribution in [0, 0.1) is 5.92 Å². The van der Waals surface area contributed by atoms with Gasteiger partial charge in [0.15, 0.2) is 0 Å². The molecular formula is C13H17Cl2NO2. The summed E-state index contributed by atoms with van der Waals surface area (Å²) in [7, 11) is 0. The molecule has 0 heterocycles. The number of nitrogen functional groups attached to an aromatic ring is 1. The van der Waals surface area contributed by atoms with E-state index in [0.717, 1.165) is 6.42 Å². The lowest BCUT2D eigenvalue weighted by molar-refractivity contribution is 0.0300. The van der Waals surface area contributed by atoms with Crippen molar-refractivity contribution in [2.45, 2.75) is 33.3 Å². The van der Waals surface area contributed by atoms with Crippen LogP contribution < -0.4 is 5.73 Å². The molecule has 2 N–H and O–H groups in total. The number of ether oxygens (including phenoxy) is 1. The molecule has 0 aliphatic heterocycles. The number of nitrogens with two attached hydrogens (primary N) is 1. The predicted molar refractivity (Wildman–Crippen MR) is 75.2 cm³/mol. The number of benzene rings is 1. The van der Waals surface area contributed by atoms with Crippen LogP contribution in [0.15, 0.2) is 12.1 Å². The van der Waals surface area contributed by atoms with Crippen LogP contribution in [0.2, 0.25) is 10.0 Å². The van der Waals surface area contributed by atoms with Gasteiger partial charge in [0, 0.05) is 5.69 Å². The number of esters is 1. The monoisotopic (exact) mass is 289 g/mol. The molecule has 0 fully saturated rings. The summed E-state index contributed by atoms with van der Waals surface area (Å²) in [6.45, 7) is 5.98. The number of halogens is 2. The van der Waals surface area contributed by atoms with Crippen molar-refractivity contribution in [3.05, 3.63) is 27.7 Å². The average molecular weight is 290 g/mol. The Kier molecular flexibility index (Phi) is 5.29. The summed E-state index contributed by atoms with van der Waals surface area (Å²) in [5, 5.41) is 0.424. The van der Waals surface area contributed by atoms with Crippen molar-refractivity contribution >= 4 is 34.9 Å². The summed E-state index contributed by atoms with van der Waals surface area (Å²) in [4.78, 5) is 11.9. The molecular weight excluding hydrogens is 273 g/mol. The standard InChI is InChI=1S/C13H17Cl2NO2/c1-7(2)4-8(3)18-13(17)10-5-9(16)6-11(14)12(10)15/h5-8H,4,16H2,1-3H3. The van der Waals surface area contributed by atoms with Gasteiger partial charge in [0.05, 0.1) is 21.7 Å². The van der Waals surface area contributed by atoms with E-state index >= 15 is 0 Å². The second-order valence-electron chi connectivity index (χ2n) is 4.71. The molecule has 1 aromatic rings. The van der Waals surface area contributed by atoms with Crippen molar-refractivity contribution < 1.29 is 9.53 Å². The lowest BCUT2D eigenvalue weighted by atomic mass is 10.1. The Balaban J connectivity index is 2.85. The van der Waals surface area contributed by atoms with Crippen LogP contribution in [0.1, 0.15) is 37.6 Å². The maximum absolute atomic E-state index is 11.9. The molecule has 1 aromatic carbocycles. The van der Waals surface area contributed by atoms with Crippen LogP contribution in [0.4, 0.5) is 5.69 Å². The minimum absolute atomic E-state index is 0.172. The Labute approximate surface area is 117 Å². The van der Waals surface area contributed by atoms with E-state index in [2.05, 4.69) is 13.8 Å². The second kappa shape index (κ2) is 6.30. The normalized spacial score (nSPS) is 12.6. The molecule has 18 heavy (non-hydrogen) atoms. The fraction of sp³-hybridized carbons (Fsp3) is 0.462. The molecule has 0 radical (unpaired) electrons. The number of rotatable bonds is 4. The van der Waals surface area contributed by atoms with Crippen molar-refractivity contribution in [1.29, 1.82) is 0 Å². The lowest BCUT2D eigenvalue weighted by Crippen LogP contribution is -2.17. The minimum atomic E-state index is -0.498. The zero-order chi connectivity index (χ0) is 13.9. The van der Waals surface area contributed by atoms with E-state index in [4.69, 9.17) is 33.7 Å². The first-order valence-electron chi connectivity index (χ1n) is 5.76. The molecule has 1 atom stereocenters. The van der Waals surface area contributed by atoms with E-state index in [9.17, 15) is 4.79 Å². The molecule has 0 spiro atoms. The molecule has 0 bridgehead atoms. The smallest absolute Gasteiger partial charge is 0.340 e. The van der Waals surface area contributed by atoms with Gasteiger partial charge in [-0.25, -0.2) is 4.79 Å². The summed E-state index contributed by atoms with van der Waals surface area (Å²) >= 11 is 11.8. The Morgan fingerprint density at radius 3 is 2.50 bits per heavy atom. The molecule has 0 saturated heterocycles. The average Bonchev–Trinajstić information content (AvgIpc) is 2.21. The third-order valence-corrected chi connectivity index (χ3v) is 3.18. The first kappa shape index (κ1) is 15.1. The van der Waals surface area contributed by atoms with Gasteiger partial charge in [-0.3, -0.25) is 0 Å². The molecule has 0 aliphatic rings. The van der Waals surface area contributed by atoms with Gasteiger partial charge in [0.25, 0.3) is 0 Å². The van der Waals surface area contributed by atoms with E-state index < -0.39 is 5.97 Å².